The molecular weight excluding hydrogens is 342 g/mol. The lowest BCUT2D eigenvalue weighted by molar-refractivity contribution is 0.152. The summed E-state index contributed by atoms with van der Waals surface area (Å²) in [5, 5.41) is 3.47. The lowest BCUT2D eigenvalue weighted by Crippen LogP contribution is -2.24. The highest BCUT2D eigenvalue weighted by Crippen LogP contribution is 2.22. The molecule has 3 nitrogen and oxygen atoms in total. The number of alkyl carbamates (subject to hydrolysis) is 1. The molecule has 0 aliphatic carbocycles. The number of ether oxygens (including phenoxy) is 1. The summed E-state index contributed by atoms with van der Waals surface area (Å²) in [7, 11) is 0. The van der Waals surface area contributed by atoms with Gasteiger partial charge in [0.05, 0.1) is 6.61 Å². The van der Waals surface area contributed by atoms with Crippen LogP contribution in [-0.2, 0) is 11.2 Å². The van der Waals surface area contributed by atoms with Crippen molar-refractivity contribution in [3.05, 3.63) is 45.4 Å². The van der Waals surface area contributed by atoms with Crippen molar-refractivity contribution in [1.82, 2.24) is 5.32 Å². The number of carbonyl (C=O) groups excluding carboxylic acids is 1. The largest absolute Gasteiger partial charge is 0.450 e. The van der Waals surface area contributed by atoms with E-state index in [0.29, 0.717) is 13.2 Å². The first-order valence-electron chi connectivity index (χ1n) is 6.63. The molecule has 0 heterocycles. The minimum Gasteiger partial charge on any atom is -0.450 e. The van der Waals surface area contributed by atoms with Crippen LogP contribution < -0.4 is 5.32 Å². The number of allylic oxidation sites excluding steroid dienone is 1. The molecule has 0 aliphatic rings. The molecule has 1 rings (SSSR count). The summed E-state index contributed by atoms with van der Waals surface area (Å²) in [6.07, 6.45) is 6.42. The fraction of sp³-hybridized carbons (Fsp3) is 0.400. The lowest BCUT2D eigenvalue weighted by atomic mass is 10.1. The molecule has 0 aliphatic heterocycles. The van der Waals surface area contributed by atoms with Crippen LogP contribution in [0.5, 0.6) is 0 Å². The highest BCUT2D eigenvalue weighted by molar-refractivity contribution is 9.10. The fourth-order valence-electron chi connectivity index (χ4n) is 1.65. The Balaban J connectivity index is 2.19. The first-order valence-corrected chi connectivity index (χ1v) is 7.80. The van der Waals surface area contributed by atoms with Crippen molar-refractivity contribution in [3.8, 4) is 0 Å². The van der Waals surface area contributed by atoms with Crippen molar-refractivity contribution in [3.63, 3.8) is 0 Å². The minimum atomic E-state index is -0.359. The van der Waals surface area contributed by atoms with E-state index in [1.165, 1.54) is 0 Å². The smallest absolute Gasteiger partial charge is 0.407 e. The van der Waals surface area contributed by atoms with Gasteiger partial charge in [-0.1, -0.05) is 39.7 Å². The second kappa shape index (κ2) is 9.83. The Hall–Kier alpha value is -1.000. The van der Waals surface area contributed by atoms with Crippen LogP contribution in [0.1, 0.15) is 25.3 Å². The highest BCUT2D eigenvalue weighted by Gasteiger charge is 2.00. The molecule has 0 atom stereocenters. The zero-order chi connectivity index (χ0) is 14.8. The van der Waals surface area contributed by atoms with Crippen LogP contribution in [0.4, 0.5) is 4.79 Å². The van der Waals surface area contributed by atoms with Crippen LogP contribution in [0.2, 0.25) is 5.02 Å². The van der Waals surface area contributed by atoms with Crippen LogP contribution in [-0.4, -0.2) is 19.2 Å². The van der Waals surface area contributed by atoms with E-state index in [-0.39, 0.29) is 6.09 Å². The number of halogens is 2. The average molecular weight is 361 g/mol. The average Bonchev–Trinajstić information content (AvgIpc) is 2.41. The Kier molecular flexibility index (Phi) is 8.38. The summed E-state index contributed by atoms with van der Waals surface area (Å²) < 4.78 is 5.80. The van der Waals surface area contributed by atoms with Gasteiger partial charge in [0.2, 0.25) is 0 Å². The van der Waals surface area contributed by atoms with Crippen LogP contribution in [0.3, 0.4) is 0 Å². The summed E-state index contributed by atoms with van der Waals surface area (Å²) in [5.74, 6) is 0. The van der Waals surface area contributed by atoms with Crippen molar-refractivity contribution < 1.29 is 9.53 Å². The third-order valence-electron chi connectivity index (χ3n) is 2.61. The zero-order valence-corrected chi connectivity index (χ0v) is 13.8. The number of hydrogen-bond acceptors (Lipinski definition) is 2. The first-order chi connectivity index (χ1) is 9.63. The van der Waals surface area contributed by atoms with E-state index in [1.54, 1.807) is 6.92 Å². The molecule has 1 N–H and O–H groups in total. The number of carbonyl (C=O) groups is 1. The van der Waals surface area contributed by atoms with Gasteiger partial charge in [0, 0.05) is 16.0 Å². The van der Waals surface area contributed by atoms with E-state index in [0.717, 1.165) is 34.3 Å². The predicted octanol–water partition coefficient (Wildman–Crippen LogP) is 4.73. The Bertz CT molecular complexity index is 463. The van der Waals surface area contributed by atoms with Gasteiger partial charge in [-0.2, -0.15) is 0 Å². The zero-order valence-electron chi connectivity index (χ0n) is 11.5. The number of rotatable bonds is 7. The van der Waals surface area contributed by atoms with E-state index in [2.05, 4.69) is 33.4 Å². The van der Waals surface area contributed by atoms with Crippen molar-refractivity contribution in [2.75, 3.05) is 13.2 Å². The molecule has 0 spiro atoms. The number of aryl methyl sites for hydroxylation is 1. The van der Waals surface area contributed by atoms with Gasteiger partial charge in [-0.3, -0.25) is 0 Å². The van der Waals surface area contributed by atoms with Crippen molar-refractivity contribution in [2.24, 2.45) is 0 Å². The molecule has 1 aromatic carbocycles. The monoisotopic (exact) mass is 359 g/mol. The highest BCUT2D eigenvalue weighted by atomic mass is 79.9. The topological polar surface area (TPSA) is 38.3 Å². The molecule has 0 unspecified atom stereocenters. The molecule has 1 aromatic rings. The van der Waals surface area contributed by atoms with E-state index in [9.17, 15) is 4.79 Å². The first kappa shape index (κ1) is 17.1. The third-order valence-corrected chi connectivity index (χ3v) is 3.47. The van der Waals surface area contributed by atoms with Gasteiger partial charge in [-0.15, -0.1) is 0 Å². The maximum absolute atomic E-state index is 11.0. The summed E-state index contributed by atoms with van der Waals surface area (Å²) in [6.45, 7) is 2.77. The van der Waals surface area contributed by atoms with Crippen LogP contribution in [0, 0.1) is 0 Å². The maximum Gasteiger partial charge on any atom is 0.407 e. The molecule has 1 amide bonds. The van der Waals surface area contributed by atoms with E-state index < -0.39 is 0 Å². The van der Waals surface area contributed by atoms with Crippen LogP contribution >= 0.6 is 27.5 Å². The molecule has 20 heavy (non-hydrogen) atoms. The van der Waals surface area contributed by atoms with E-state index >= 15 is 0 Å². The quantitative estimate of drug-likeness (QED) is 0.564. The predicted molar refractivity (Wildman–Crippen MR) is 86.3 cm³/mol. The Morgan fingerprint density at radius 1 is 1.40 bits per heavy atom. The summed E-state index contributed by atoms with van der Waals surface area (Å²) in [6, 6.07) is 5.87. The molecule has 0 aromatic heterocycles. The van der Waals surface area contributed by atoms with Crippen molar-refractivity contribution in [1.29, 1.82) is 0 Å². The van der Waals surface area contributed by atoms with Crippen molar-refractivity contribution in [2.45, 2.75) is 26.2 Å². The molecular formula is C15H19BrClNO2. The Labute approximate surface area is 133 Å². The Morgan fingerprint density at radius 2 is 2.15 bits per heavy atom. The summed E-state index contributed by atoms with van der Waals surface area (Å²) in [5.41, 5.74) is 1.13. The Morgan fingerprint density at radius 3 is 2.90 bits per heavy atom. The number of benzene rings is 1. The van der Waals surface area contributed by atoms with Gasteiger partial charge >= 0.3 is 6.09 Å². The van der Waals surface area contributed by atoms with E-state index in [1.807, 2.05) is 18.2 Å². The SMILES string of the molecule is CCOC(=O)NCCC=CCCc1cc(Br)ccc1Cl. The standard InChI is InChI=1S/C15H19BrClNO2/c1-2-20-15(19)18-10-6-4-3-5-7-12-11-13(16)8-9-14(12)17/h3-4,8-9,11H,2,5-7,10H2,1H3,(H,18,19). The molecule has 0 saturated carbocycles. The maximum atomic E-state index is 11.0. The number of nitrogens with one attached hydrogen (secondary N) is 1. The molecule has 110 valence electrons. The minimum absolute atomic E-state index is 0.359. The van der Waals surface area contributed by atoms with Gasteiger partial charge in [-0.25, -0.2) is 4.79 Å². The van der Waals surface area contributed by atoms with Gasteiger partial charge in [0.25, 0.3) is 0 Å². The normalized spacial score (nSPS) is 10.8. The van der Waals surface area contributed by atoms with Gasteiger partial charge in [0.15, 0.2) is 0 Å². The van der Waals surface area contributed by atoms with Crippen LogP contribution in [0.25, 0.3) is 0 Å². The molecule has 0 saturated heterocycles. The van der Waals surface area contributed by atoms with Gasteiger partial charge in [-0.05, 0) is 49.9 Å². The second-order valence-electron chi connectivity index (χ2n) is 4.18. The van der Waals surface area contributed by atoms with Crippen molar-refractivity contribution >= 4 is 33.6 Å². The van der Waals surface area contributed by atoms with Gasteiger partial charge in [0.1, 0.15) is 0 Å². The lowest BCUT2D eigenvalue weighted by Gasteiger charge is -2.03. The van der Waals surface area contributed by atoms with Crippen LogP contribution in [0.15, 0.2) is 34.8 Å². The number of hydrogen-bond donors (Lipinski definition) is 1. The molecule has 0 radical (unpaired) electrons. The van der Waals surface area contributed by atoms with Gasteiger partial charge < -0.3 is 10.1 Å². The van der Waals surface area contributed by atoms with E-state index in [4.69, 9.17) is 16.3 Å². The fourth-order valence-corrected chi connectivity index (χ4v) is 2.27. The molecule has 5 heteroatoms. The summed E-state index contributed by atoms with van der Waals surface area (Å²) in [4.78, 5) is 11.0. The third kappa shape index (κ3) is 6.96. The molecule has 0 bridgehead atoms. The number of amides is 1. The molecule has 0 fully saturated rings. The summed E-state index contributed by atoms with van der Waals surface area (Å²) >= 11 is 9.55. The second-order valence-corrected chi connectivity index (χ2v) is 5.50.